The number of benzene rings is 2. The van der Waals surface area contributed by atoms with Gasteiger partial charge in [0.1, 0.15) is 17.6 Å². The second-order valence-electron chi connectivity index (χ2n) is 3.77. The molecule has 94 valence electrons. The molecule has 0 aliphatic carbocycles. The van der Waals surface area contributed by atoms with Gasteiger partial charge in [0.15, 0.2) is 0 Å². The molecule has 0 atom stereocenters. The minimum atomic E-state index is -0.681. The summed E-state index contributed by atoms with van der Waals surface area (Å²) < 4.78 is 13.0. The molecule has 0 saturated heterocycles. The van der Waals surface area contributed by atoms with Crippen LogP contribution < -0.4 is 5.32 Å². The van der Waals surface area contributed by atoms with Crippen LogP contribution in [0.4, 0.5) is 10.1 Å². The van der Waals surface area contributed by atoms with Crippen LogP contribution in [-0.2, 0) is 0 Å². The fourth-order valence-electron chi connectivity index (χ4n) is 1.57. The first-order valence-corrected chi connectivity index (χ1v) is 5.41. The molecule has 2 aromatic carbocycles. The van der Waals surface area contributed by atoms with Crippen LogP contribution in [0.3, 0.4) is 0 Å². The van der Waals surface area contributed by atoms with Gasteiger partial charge in [0, 0.05) is 0 Å². The van der Waals surface area contributed by atoms with E-state index in [1.165, 1.54) is 0 Å². The zero-order valence-corrected chi connectivity index (χ0v) is 9.72. The molecule has 2 rings (SSSR count). The SMILES string of the molecule is N#Cc1ccccc1NC(=O)c1cc(F)ccc1O. The van der Waals surface area contributed by atoms with Crippen molar-refractivity contribution < 1.29 is 14.3 Å². The number of nitrogens with zero attached hydrogens (tertiary/aromatic N) is 1. The summed E-state index contributed by atoms with van der Waals surface area (Å²) in [5, 5.41) is 20.9. The van der Waals surface area contributed by atoms with Crippen LogP contribution in [0.25, 0.3) is 0 Å². The van der Waals surface area contributed by atoms with Gasteiger partial charge in [-0.3, -0.25) is 4.79 Å². The molecular formula is C14H9FN2O2. The van der Waals surface area contributed by atoms with Crippen LogP contribution in [0, 0.1) is 17.1 Å². The van der Waals surface area contributed by atoms with Gasteiger partial charge in [-0.1, -0.05) is 12.1 Å². The van der Waals surface area contributed by atoms with Crippen molar-refractivity contribution in [1.82, 2.24) is 0 Å². The summed E-state index contributed by atoms with van der Waals surface area (Å²) in [6.45, 7) is 0. The van der Waals surface area contributed by atoms with E-state index in [-0.39, 0.29) is 16.9 Å². The van der Waals surface area contributed by atoms with Crippen molar-refractivity contribution in [3.05, 3.63) is 59.4 Å². The summed E-state index contributed by atoms with van der Waals surface area (Å²) in [4.78, 5) is 11.9. The molecule has 0 fully saturated rings. The normalized spacial score (nSPS) is 9.68. The lowest BCUT2D eigenvalue weighted by atomic mass is 10.1. The minimum Gasteiger partial charge on any atom is -0.507 e. The molecule has 0 spiro atoms. The maximum absolute atomic E-state index is 13.0. The standard InChI is InChI=1S/C14H9FN2O2/c15-10-5-6-13(18)11(7-10)14(19)17-12-4-2-1-3-9(12)8-16/h1-7,18H,(H,17,19). The van der Waals surface area contributed by atoms with Gasteiger partial charge < -0.3 is 10.4 Å². The molecule has 4 nitrogen and oxygen atoms in total. The third-order valence-corrected chi connectivity index (χ3v) is 2.50. The third kappa shape index (κ3) is 2.69. The van der Waals surface area contributed by atoms with Gasteiger partial charge in [-0.2, -0.15) is 5.26 Å². The Bertz CT molecular complexity index is 677. The Balaban J connectivity index is 2.31. The number of anilines is 1. The van der Waals surface area contributed by atoms with Gasteiger partial charge in [0.05, 0.1) is 16.8 Å². The van der Waals surface area contributed by atoms with Gasteiger partial charge in [0.2, 0.25) is 0 Å². The van der Waals surface area contributed by atoms with Crippen molar-refractivity contribution in [3.8, 4) is 11.8 Å². The smallest absolute Gasteiger partial charge is 0.259 e. The zero-order valence-electron chi connectivity index (χ0n) is 9.72. The average molecular weight is 256 g/mol. The molecule has 5 heteroatoms. The van der Waals surface area contributed by atoms with Crippen molar-refractivity contribution in [2.45, 2.75) is 0 Å². The van der Waals surface area contributed by atoms with Crippen molar-refractivity contribution in [3.63, 3.8) is 0 Å². The summed E-state index contributed by atoms with van der Waals surface area (Å²) in [5.74, 6) is -1.63. The number of hydrogen-bond acceptors (Lipinski definition) is 3. The minimum absolute atomic E-state index is 0.187. The highest BCUT2D eigenvalue weighted by atomic mass is 19.1. The second kappa shape index (κ2) is 5.19. The molecule has 2 aromatic rings. The molecule has 0 bridgehead atoms. The molecule has 0 aliphatic heterocycles. The molecule has 0 aliphatic rings. The van der Waals surface area contributed by atoms with Crippen LogP contribution in [0.2, 0.25) is 0 Å². The van der Waals surface area contributed by atoms with Crippen LogP contribution in [0.15, 0.2) is 42.5 Å². The highest BCUT2D eigenvalue weighted by Gasteiger charge is 2.13. The van der Waals surface area contributed by atoms with Crippen molar-refractivity contribution in [2.24, 2.45) is 0 Å². The number of para-hydroxylation sites is 1. The maximum Gasteiger partial charge on any atom is 0.259 e. The fraction of sp³-hybridized carbons (Fsp3) is 0. The van der Waals surface area contributed by atoms with Gasteiger partial charge in [0.25, 0.3) is 5.91 Å². The zero-order chi connectivity index (χ0) is 13.8. The molecule has 0 saturated carbocycles. The first-order chi connectivity index (χ1) is 9.11. The van der Waals surface area contributed by atoms with E-state index >= 15 is 0 Å². The number of carbonyl (C=O) groups is 1. The van der Waals surface area contributed by atoms with E-state index in [1.807, 2.05) is 6.07 Å². The Hall–Kier alpha value is -2.87. The molecule has 1 amide bonds. The topological polar surface area (TPSA) is 73.1 Å². The Morgan fingerprint density at radius 2 is 2.00 bits per heavy atom. The Morgan fingerprint density at radius 3 is 2.74 bits per heavy atom. The van der Waals surface area contributed by atoms with Crippen LogP contribution in [0.1, 0.15) is 15.9 Å². The van der Waals surface area contributed by atoms with Gasteiger partial charge >= 0.3 is 0 Å². The van der Waals surface area contributed by atoms with Crippen molar-refractivity contribution >= 4 is 11.6 Å². The number of aromatic hydroxyl groups is 1. The molecular weight excluding hydrogens is 247 g/mol. The van der Waals surface area contributed by atoms with E-state index in [0.717, 1.165) is 18.2 Å². The molecule has 0 radical (unpaired) electrons. The predicted octanol–water partition coefficient (Wildman–Crippen LogP) is 2.66. The summed E-state index contributed by atoms with van der Waals surface area (Å²) >= 11 is 0. The first-order valence-electron chi connectivity index (χ1n) is 5.41. The molecule has 2 N–H and O–H groups in total. The largest absolute Gasteiger partial charge is 0.507 e. The second-order valence-corrected chi connectivity index (χ2v) is 3.77. The lowest BCUT2D eigenvalue weighted by Crippen LogP contribution is -2.13. The summed E-state index contributed by atoms with van der Waals surface area (Å²) in [7, 11) is 0. The number of phenols is 1. The number of carbonyl (C=O) groups excluding carboxylic acids is 1. The lowest BCUT2D eigenvalue weighted by Gasteiger charge is -2.08. The van der Waals surface area contributed by atoms with Crippen molar-refractivity contribution in [2.75, 3.05) is 5.32 Å². The van der Waals surface area contributed by atoms with Gasteiger partial charge in [-0.15, -0.1) is 0 Å². The predicted molar refractivity (Wildman–Crippen MR) is 67.2 cm³/mol. The van der Waals surface area contributed by atoms with Gasteiger partial charge in [-0.05, 0) is 30.3 Å². The number of halogens is 1. The van der Waals surface area contributed by atoms with E-state index < -0.39 is 11.7 Å². The number of amides is 1. The summed E-state index contributed by atoms with van der Waals surface area (Å²) in [6.07, 6.45) is 0. The van der Waals surface area contributed by atoms with Crippen molar-refractivity contribution in [1.29, 1.82) is 5.26 Å². The van der Waals surface area contributed by atoms with Crippen LogP contribution >= 0.6 is 0 Å². The molecule has 19 heavy (non-hydrogen) atoms. The molecule has 0 heterocycles. The van der Waals surface area contributed by atoms with Gasteiger partial charge in [-0.25, -0.2) is 4.39 Å². The van der Waals surface area contributed by atoms with E-state index in [2.05, 4.69) is 5.32 Å². The highest BCUT2D eigenvalue weighted by molar-refractivity contribution is 6.06. The maximum atomic E-state index is 13.0. The van der Waals surface area contributed by atoms with E-state index in [4.69, 9.17) is 5.26 Å². The number of nitriles is 1. The monoisotopic (exact) mass is 256 g/mol. The quantitative estimate of drug-likeness (QED) is 0.867. The first kappa shape index (κ1) is 12.6. The lowest BCUT2D eigenvalue weighted by molar-refractivity contribution is 0.102. The fourth-order valence-corrected chi connectivity index (χ4v) is 1.57. The van der Waals surface area contributed by atoms with Crippen LogP contribution in [-0.4, -0.2) is 11.0 Å². The number of hydrogen-bond donors (Lipinski definition) is 2. The Morgan fingerprint density at radius 1 is 1.26 bits per heavy atom. The number of nitrogens with one attached hydrogen (secondary N) is 1. The number of rotatable bonds is 2. The van der Waals surface area contributed by atoms with E-state index in [0.29, 0.717) is 5.69 Å². The molecule has 0 unspecified atom stereocenters. The molecule has 0 aromatic heterocycles. The van der Waals surface area contributed by atoms with Crippen LogP contribution in [0.5, 0.6) is 5.75 Å². The van der Waals surface area contributed by atoms with E-state index in [1.54, 1.807) is 24.3 Å². The van der Waals surface area contributed by atoms with E-state index in [9.17, 15) is 14.3 Å². The highest BCUT2D eigenvalue weighted by Crippen LogP contribution is 2.21. The third-order valence-electron chi connectivity index (χ3n) is 2.50. The Labute approximate surface area is 108 Å². The number of phenolic OH excluding ortho intramolecular Hbond substituents is 1. The summed E-state index contributed by atoms with van der Waals surface area (Å²) in [5.41, 5.74) is 0.401. The Kier molecular flexibility index (Phi) is 3.44. The average Bonchev–Trinajstić information content (AvgIpc) is 2.42. The summed E-state index contributed by atoms with van der Waals surface area (Å²) in [6, 6.07) is 11.4.